The third-order valence-electron chi connectivity index (χ3n) is 4.67. The fourth-order valence-corrected chi connectivity index (χ4v) is 3.56. The third kappa shape index (κ3) is 2.27. The number of nitrogens with two attached hydrogens (primary N) is 1. The molecule has 1 aliphatic carbocycles. The van der Waals surface area contributed by atoms with Crippen molar-refractivity contribution < 1.29 is 14.2 Å². The van der Waals surface area contributed by atoms with E-state index in [1.165, 1.54) is 30.4 Å². The van der Waals surface area contributed by atoms with E-state index in [0.717, 1.165) is 24.3 Å². The van der Waals surface area contributed by atoms with Gasteiger partial charge in [0.25, 0.3) is 0 Å². The molecular weight excluding hydrogens is 254 g/mol. The Bertz CT molecular complexity index is 481. The zero-order valence-electron chi connectivity index (χ0n) is 12.1. The fourth-order valence-electron chi connectivity index (χ4n) is 3.56. The lowest BCUT2D eigenvalue weighted by atomic mass is 9.68. The number of hydrogen-bond donors (Lipinski definition) is 1. The van der Waals surface area contributed by atoms with Crippen molar-refractivity contribution in [1.82, 2.24) is 0 Å². The van der Waals surface area contributed by atoms with Crippen LogP contribution in [0, 0.1) is 0 Å². The topological polar surface area (TPSA) is 53.7 Å². The largest absolute Gasteiger partial charge is 0.454 e. The summed E-state index contributed by atoms with van der Waals surface area (Å²) >= 11 is 0. The lowest BCUT2D eigenvalue weighted by Crippen LogP contribution is -2.38. The van der Waals surface area contributed by atoms with Crippen LogP contribution in [0.4, 0.5) is 0 Å². The lowest BCUT2D eigenvalue weighted by molar-refractivity contribution is 0.173. The molecule has 20 heavy (non-hydrogen) atoms. The zero-order valence-corrected chi connectivity index (χ0v) is 12.1. The minimum absolute atomic E-state index is 0.0765. The second kappa shape index (κ2) is 5.62. The molecule has 0 bridgehead atoms. The Morgan fingerprint density at radius 3 is 2.50 bits per heavy atom. The van der Waals surface area contributed by atoms with Crippen LogP contribution in [0.25, 0.3) is 0 Å². The quantitative estimate of drug-likeness (QED) is 0.919. The molecule has 1 aromatic carbocycles. The van der Waals surface area contributed by atoms with Crippen molar-refractivity contribution >= 4 is 0 Å². The average Bonchev–Trinajstić information content (AvgIpc) is 2.95. The lowest BCUT2D eigenvalue weighted by Gasteiger charge is -2.38. The molecule has 1 aliphatic heterocycles. The van der Waals surface area contributed by atoms with Crippen molar-refractivity contribution in [2.45, 2.75) is 44.1 Å². The molecule has 110 valence electrons. The molecule has 3 rings (SSSR count). The molecule has 0 amide bonds. The van der Waals surface area contributed by atoms with Crippen LogP contribution in [0.5, 0.6) is 11.5 Å². The average molecular weight is 277 g/mol. The summed E-state index contributed by atoms with van der Waals surface area (Å²) < 4.78 is 16.4. The van der Waals surface area contributed by atoms with Crippen LogP contribution < -0.4 is 15.2 Å². The summed E-state index contributed by atoms with van der Waals surface area (Å²) in [6.45, 7) is 1.58. The van der Waals surface area contributed by atoms with Crippen molar-refractivity contribution in [2.75, 3.05) is 20.4 Å². The van der Waals surface area contributed by atoms with Gasteiger partial charge in [0.15, 0.2) is 11.5 Å². The van der Waals surface area contributed by atoms with Crippen LogP contribution >= 0.6 is 0 Å². The second-order valence-electron chi connectivity index (χ2n) is 5.84. The molecular formula is C16H23NO3. The minimum Gasteiger partial charge on any atom is -0.454 e. The van der Waals surface area contributed by atoms with Gasteiger partial charge in [0.2, 0.25) is 6.79 Å². The Morgan fingerprint density at radius 1 is 1.15 bits per heavy atom. The van der Waals surface area contributed by atoms with Gasteiger partial charge >= 0.3 is 0 Å². The number of methoxy groups -OCH3 is 1. The first-order valence-electron chi connectivity index (χ1n) is 7.41. The summed E-state index contributed by atoms with van der Waals surface area (Å²) in [5.74, 6) is 1.67. The molecule has 0 radical (unpaired) electrons. The predicted octanol–water partition coefficient (Wildman–Crippen LogP) is 2.72. The minimum atomic E-state index is 0.0765. The van der Waals surface area contributed by atoms with E-state index in [0.29, 0.717) is 19.9 Å². The smallest absolute Gasteiger partial charge is 0.231 e. The van der Waals surface area contributed by atoms with E-state index >= 15 is 0 Å². The van der Waals surface area contributed by atoms with Crippen molar-refractivity contribution in [3.63, 3.8) is 0 Å². The van der Waals surface area contributed by atoms with Gasteiger partial charge in [-0.05, 0) is 36.1 Å². The zero-order chi connectivity index (χ0) is 14.0. The number of benzene rings is 1. The summed E-state index contributed by atoms with van der Waals surface area (Å²) in [5, 5.41) is 0. The van der Waals surface area contributed by atoms with Crippen molar-refractivity contribution in [1.29, 1.82) is 0 Å². The highest BCUT2D eigenvalue weighted by molar-refractivity contribution is 5.51. The molecule has 1 fully saturated rings. The van der Waals surface area contributed by atoms with E-state index in [1.807, 2.05) is 0 Å². The fraction of sp³-hybridized carbons (Fsp3) is 0.625. The standard InChI is InChI=1S/C16H23NO3/c1-18-9-12-7-14-15(20-11-19-14)8-13(12)16(10-17)5-3-2-4-6-16/h7-8H,2-6,9-11,17H2,1H3. The Labute approximate surface area is 120 Å². The molecule has 0 aromatic heterocycles. The van der Waals surface area contributed by atoms with Gasteiger partial charge in [0.05, 0.1) is 6.61 Å². The summed E-state index contributed by atoms with van der Waals surface area (Å²) in [6, 6.07) is 4.20. The number of rotatable bonds is 4. The summed E-state index contributed by atoms with van der Waals surface area (Å²) in [7, 11) is 1.73. The first kappa shape index (κ1) is 13.7. The Morgan fingerprint density at radius 2 is 1.85 bits per heavy atom. The molecule has 4 heteroatoms. The molecule has 0 atom stereocenters. The van der Waals surface area contributed by atoms with Crippen LogP contribution in [-0.4, -0.2) is 20.4 Å². The van der Waals surface area contributed by atoms with Gasteiger partial charge in [-0.3, -0.25) is 0 Å². The molecule has 0 unspecified atom stereocenters. The van der Waals surface area contributed by atoms with Gasteiger partial charge in [0, 0.05) is 19.1 Å². The maximum Gasteiger partial charge on any atom is 0.231 e. The molecule has 4 nitrogen and oxygen atoms in total. The highest BCUT2D eigenvalue weighted by Gasteiger charge is 2.35. The van der Waals surface area contributed by atoms with Gasteiger partial charge in [-0.2, -0.15) is 0 Å². The van der Waals surface area contributed by atoms with Gasteiger partial charge in [-0.15, -0.1) is 0 Å². The van der Waals surface area contributed by atoms with Gasteiger partial charge < -0.3 is 19.9 Å². The van der Waals surface area contributed by atoms with E-state index in [4.69, 9.17) is 19.9 Å². The Kier molecular flexibility index (Phi) is 3.85. The maximum atomic E-state index is 6.17. The van der Waals surface area contributed by atoms with Crippen LogP contribution in [0.1, 0.15) is 43.2 Å². The highest BCUT2D eigenvalue weighted by atomic mass is 16.7. The van der Waals surface area contributed by atoms with Crippen LogP contribution in [0.2, 0.25) is 0 Å². The first-order chi connectivity index (χ1) is 9.79. The van der Waals surface area contributed by atoms with Gasteiger partial charge in [-0.25, -0.2) is 0 Å². The number of ether oxygens (including phenoxy) is 3. The van der Waals surface area contributed by atoms with Crippen molar-refractivity contribution in [2.24, 2.45) is 5.73 Å². The summed E-state index contributed by atoms with van der Waals surface area (Å²) in [5.41, 5.74) is 8.73. The van der Waals surface area contributed by atoms with Gasteiger partial charge in [0.1, 0.15) is 0 Å². The van der Waals surface area contributed by atoms with E-state index in [-0.39, 0.29) is 5.41 Å². The summed E-state index contributed by atoms with van der Waals surface area (Å²) in [4.78, 5) is 0. The van der Waals surface area contributed by atoms with E-state index in [9.17, 15) is 0 Å². The maximum absolute atomic E-state index is 6.17. The number of hydrogen-bond acceptors (Lipinski definition) is 4. The molecule has 1 aromatic rings. The predicted molar refractivity (Wildman–Crippen MR) is 77.1 cm³/mol. The molecule has 2 aliphatic rings. The SMILES string of the molecule is COCc1cc2c(cc1C1(CN)CCCCC1)OCO2. The van der Waals surface area contributed by atoms with E-state index in [2.05, 4.69) is 12.1 Å². The molecule has 1 saturated carbocycles. The van der Waals surface area contributed by atoms with Crippen LogP contribution in [0.15, 0.2) is 12.1 Å². The van der Waals surface area contributed by atoms with Crippen LogP contribution in [0.3, 0.4) is 0 Å². The monoisotopic (exact) mass is 277 g/mol. The molecule has 0 saturated heterocycles. The molecule has 2 N–H and O–H groups in total. The van der Waals surface area contributed by atoms with Crippen molar-refractivity contribution in [3.8, 4) is 11.5 Å². The van der Waals surface area contributed by atoms with Crippen LogP contribution in [-0.2, 0) is 16.8 Å². The number of fused-ring (bicyclic) bond motifs is 1. The molecule has 1 heterocycles. The molecule has 0 spiro atoms. The Hall–Kier alpha value is -1.26. The van der Waals surface area contributed by atoms with Gasteiger partial charge in [-0.1, -0.05) is 19.3 Å². The highest BCUT2D eigenvalue weighted by Crippen LogP contribution is 2.45. The summed E-state index contributed by atoms with van der Waals surface area (Å²) in [6.07, 6.45) is 6.11. The Balaban J connectivity index is 2.05. The van der Waals surface area contributed by atoms with Crippen molar-refractivity contribution in [3.05, 3.63) is 23.3 Å². The third-order valence-corrected chi connectivity index (χ3v) is 4.67. The van der Waals surface area contributed by atoms with E-state index in [1.54, 1.807) is 7.11 Å². The first-order valence-corrected chi connectivity index (χ1v) is 7.41. The second-order valence-corrected chi connectivity index (χ2v) is 5.84. The normalized spacial score (nSPS) is 20.1. The van der Waals surface area contributed by atoms with E-state index < -0.39 is 0 Å².